The zero-order valence-corrected chi connectivity index (χ0v) is 10.2. The fraction of sp³-hybridized carbons (Fsp3) is 0.778. The molecule has 1 saturated carbocycles. The predicted octanol–water partition coefficient (Wildman–Crippen LogP) is 4.33. The molecule has 2 aliphatic rings. The van der Waals surface area contributed by atoms with Crippen molar-refractivity contribution in [2.24, 2.45) is 5.92 Å². The van der Waals surface area contributed by atoms with E-state index in [1.807, 2.05) is 11.4 Å². The normalized spacial score (nSPS) is 44.5. The highest BCUT2D eigenvalue weighted by Gasteiger charge is 2.40. The van der Waals surface area contributed by atoms with Gasteiger partial charge in [0.25, 0.3) is 0 Å². The molecule has 74 valence electrons. The number of allylic oxidation sites excluding steroid dienone is 1. The van der Waals surface area contributed by atoms with Crippen LogP contribution in [0.4, 0.5) is 0 Å². The first kappa shape index (κ1) is 10.3. The van der Waals surface area contributed by atoms with E-state index >= 15 is 0 Å². The van der Waals surface area contributed by atoms with Gasteiger partial charge in [0, 0.05) is 5.25 Å². The van der Waals surface area contributed by atoms with Crippen molar-refractivity contribution in [3.8, 4) is 0 Å². The van der Waals surface area contributed by atoms with Crippen molar-refractivity contribution < 1.29 is 4.52 Å². The van der Waals surface area contributed by atoms with Gasteiger partial charge in [-0.1, -0.05) is 34.8 Å². The first-order valence-electron chi connectivity index (χ1n) is 4.61. The zero-order valence-electron chi connectivity index (χ0n) is 7.70. The van der Waals surface area contributed by atoms with Crippen molar-refractivity contribution in [2.75, 3.05) is 0 Å². The average Bonchev–Trinajstić information content (AvgIpc) is 2.42. The molecule has 1 saturated heterocycles. The van der Waals surface area contributed by atoms with E-state index in [0.29, 0.717) is 17.3 Å². The van der Waals surface area contributed by atoms with E-state index in [-0.39, 0.29) is 0 Å². The molecule has 0 aromatic heterocycles. The quantitative estimate of drug-likeness (QED) is 0.495. The summed E-state index contributed by atoms with van der Waals surface area (Å²) >= 11 is 7.84. The SMILES string of the molecule is C=C(C)C1CCC2SP(Cl)OC2C1. The number of hydrogen-bond acceptors (Lipinski definition) is 2. The van der Waals surface area contributed by atoms with Crippen molar-refractivity contribution in [1.82, 2.24) is 0 Å². The number of rotatable bonds is 1. The largest absolute Gasteiger partial charge is 0.331 e. The Balaban J connectivity index is 1.97. The summed E-state index contributed by atoms with van der Waals surface area (Å²) in [6.45, 7) is 5.45. The predicted molar refractivity (Wildman–Crippen MR) is 61.2 cm³/mol. The van der Waals surface area contributed by atoms with Crippen molar-refractivity contribution in [3.05, 3.63) is 12.2 Å². The summed E-state index contributed by atoms with van der Waals surface area (Å²) < 4.78 is 5.70. The first-order valence-corrected chi connectivity index (χ1v) is 8.26. The van der Waals surface area contributed by atoms with Gasteiger partial charge in [0.15, 0.2) is 6.70 Å². The maximum atomic E-state index is 6.00. The molecular weight excluding hydrogens is 223 g/mol. The summed E-state index contributed by atoms with van der Waals surface area (Å²) in [5, 5.41) is 0.666. The van der Waals surface area contributed by atoms with Crippen LogP contribution in [0.25, 0.3) is 0 Å². The second-order valence-electron chi connectivity index (χ2n) is 3.86. The first-order chi connectivity index (χ1) is 6.16. The smallest absolute Gasteiger partial charge is 0.189 e. The van der Waals surface area contributed by atoms with Gasteiger partial charge in [-0.05, 0) is 32.1 Å². The number of fused-ring (bicyclic) bond motifs is 1. The lowest BCUT2D eigenvalue weighted by Crippen LogP contribution is -2.29. The van der Waals surface area contributed by atoms with Crippen LogP contribution in [0.3, 0.4) is 0 Å². The molecule has 1 aliphatic heterocycles. The van der Waals surface area contributed by atoms with Crippen LogP contribution in [0.2, 0.25) is 0 Å². The standard InChI is InChI=1S/C9H14ClOPS/c1-6(2)7-3-4-9-8(5-7)11-12(10)13-9/h7-9H,1,3-5H2,2H3. The van der Waals surface area contributed by atoms with Gasteiger partial charge in [-0.25, -0.2) is 0 Å². The summed E-state index contributed by atoms with van der Waals surface area (Å²) in [5.74, 6) is 0.667. The van der Waals surface area contributed by atoms with E-state index in [0.717, 1.165) is 6.42 Å². The minimum atomic E-state index is -0.694. The third kappa shape index (κ3) is 2.23. The third-order valence-corrected chi connectivity index (χ3v) is 6.80. The number of halogens is 1. The fourth-order valence-corrected chi connectivity index (χ4v) is 6.42. The molecule has 0 aromatic carbocycles. The van der Waals surface area contributed by atoms with Crippen molar-refractivity contribution in [2.45, 2.75) is 37.5 Å². The molecule has 4 unspecified atom stereocenters. The highest BCUT2D eigenvalue weighted by atomic mass is 35.7. The molecule has 0 bridgehead atoms. The Labute approximate surface area is 89.6 Å². The monoisotopic (exact) mass is 236 g/mol. The fourth-order valence-electron chi connectivity index (χ4n) is 2.02. The van der Waals surface area contributed by atoms with Gasteiger partial charge in [0.2, 0.25) is 0 Å². The van der Waals surface area contributed by atoms with Crippen LogP contribution in [0.15, 0.2) is 12.2 Å². The Morgan fingerprint density at radius 2 is 2.38 bits per heavy atom. The molecule has 1 heterocycles. The molecule has 1 aliphatic carbocycles. The molecule has 0 spiro atoms. The summed E-state index contributed by atoms with van der Waals surface area (Å²) in [7, 11) is 0. The Morgan fingerprint density at radius 3 is 3.08 bits per heavy atom. The van der Waals surface area contributed by atoms with Gasteiger partial charge in [-0.15, -0.1) is 0 Å². The molecule has 2 rings (SSSR count). The van der Waals surface area contributed by atoms with Crippen LogP contribution in [-0.2, 0) is 4.52 Å². The lowest BCUT2D eigenvalue weighted by molar-refractivity contribution is 0.170. The zero-order chi connectivity index (χ0) is 9.42. The summed E-state index contributed by atoms with van der Waals surface area (Å²) in [5.41, 5.74) is 1.30. The van der Waals surface area contributed by atoms with Crippen LogP contribution in [0.5, 0.6) is 0 Å². The molecule has 0 radical (unpaired) electrons. The van der Waals surface area contributed by atoms with Crippen LogP contribution >= 0.6 is 29.3 Å². The van der Waals surface area contributed by atoms with E-state index in [4.69, 9.17) is 15.8 Å². The lowest BCUT2D eigenvalue weighted by atomic mass is 9.83. The molecule has 4 heteroatoms. The van der Waals surface area contributed by atoms with E-state index in [1.165, 1.54) is 18.4 Å². The van der Waals surface area contributed by atoms with Gasteiger partial charge < -0.3 is 4.52 Å². The second kappa shape index (κ2) is 4.10. The summed E-state index contributed by atoms with van der Waals surface area (Å²) in [6, 6.07) is 0. The van der Waals surface area contributed by atoms with E-state index < -0.39 is 6.70 Å². The molecule has 0 amide bonds. The molecule has 13 heavy (non-hydrogen) atoms. The summed E-state index contributed by atoms with van der Waals surface area (Å²) in [4.78, 5) is 0. The van der Waals surface area contributed by atoms with Gasteiger partial charge in [-0.3, -0.25) is 0 Å². The second-order valence-corrected chi connectivity index (χ2v) is 8.46. The molecule has 0 N–H and O–H groups in total. The van der Waals surface area contributed by atoms with E-state index in [9.17, 15) is 0 Å². The number of hydrogen-bond donors (Lipinski definition) is 0. The molecule has 4 atom stereocenters. The lowest BCUT2D eigenvalue weighted by Gasteiger charge is -2.29. The highest BCUT2D eigenvalue weighted by molar-refractivity contribution is 8.62. The average molecular weight is 237 g/mol. The maximum absolute atomic E-state index is 6.00. The van der Waals surface area contributed by atoms with Crippen LogP contribution in [0, 0.1) is 5.92 Å². The topological polar surface area (TPSA) is 9.23 Å². The molecular formula is C9H14ClOPS. The van der Waals surface area contributed by atoms with Crippen LogP contribution < -0.4 is 0 Å². The van der Waals surface area contributed by atoms with Gasteiger partial charge in [-0.2, -0.15) is 0 Å². The minimum absolute atomic E-state index is 0.407. The van der Waals surface area contributed by atoms with Gasteiger partial charge >= 0.3 is 0 Å². The Kier molecular flexibility index (Phi) is 3.25. The highest BCUT2D eigenvalue weighted by Crippen LogP contribution is 2.67. The molecule has 2 fully saturated rings. The van der Waals surface area contributed by atoms with Gasteiger partial charge in [0.05, 0.1) is 6.10 Å². The third-order valence-electron chi connectivity index (χ3n) is 2.86. The molecule has 0 aromatic rings. The van der Waals surface area contributed by atoms with Crippen molar-refractivity contribution >= 4 is 29.3 Å². The molecule has 1 nitrogen and oxygen atoms in total. The van der Waals surface area contributed by atoms with Crippen LogP contribution in [-0.4, -0.2) is 11.4 Å². The van der Waals surface area contributed by atoms with Crippen molar-refractivity contribution in [3.63, 3.8) is 0 Å². The Hall–Kier alpha value is 0.770. The Bertz CT molecular complexity index is 224. The van der Waals surface area contributed by atoms with Crippen LogP contribution in [0.1, 0.15) is 26.2 Å². The van der Waals surface area contributed by atoms with E-state index in [1.54, 1.807) is 0 Å². The minimum Gasteiger partial charge on any atom is -0.331 e. The summed E-state index contributed by atoms with van der Waals surface area (Å²) in [6.07, 6.45) is 4.06. The van der Waals surface area contributed by atoms with Crippen molar-refractivity contribution in [1.29, 1.82) is 0 Å². The maximum Gasteiger partial charge on any atom is 0.189 e. The van der Waals surface area contributed by atoms with E-state index in [2.05, 4.69) is 13.5 Å². The van der Waals surface area contributed by atoms with Gasteiger partial charge in [0.1, 0.15) is 0 Å². The Morgan fingerprint density at radius 1 is 1.62 bits per heavy atom.